The molecule has 0 amide bonds. The van der Waals surface area contributed by atoms with Crippen molar-refractivity contribution in [2.24, 2.45) is 10.2 Å². The molecular formula is C19H38N4S. The van der Waals surface area contributed by atoms with Crippen molar-refractivity contribution in [3.05, 3.63) is 0 Å². The number of nitrogens with zero attached hydrogens (tertiary/aromatic N) is 2. The number of nitrogens with one attached hydrogen (secondary N) is 2. The van der Waals surface area contributed by atoms with Gasteiger partial charge in [-0.15, -0.1) is 0 Å². The molecular weight excluding hydrogens is 316 g/mol. The van der Waals surface area contributed by atoms with E-state index in [4.69, 9.17) is 12.2 Å². The summed E-state index contributed by atoms with van der Waals surface area (Å²) in [5, 5.41) is 8.67. The Labute approximate surface area is 154 Å². The summed E-state index contributed by atoms with van der Waals surface area (Å²) in [6.45, 7) is 4.49. The second-order valence-corrected chi connectivity index (χ2v) is 6.70. The Balaban J connectivity index is 3.36. The van der Waals surface area contributed by atoms with Crippen LogP contribution >= 0.6 is 12.2 Å². The van der Waals surface area contributed by atoms with Gasteiger partial charge in [0.2, 0.25) is 5.11 Å². The van der Waals surface area contributed by atoms with E-state index in [-0.39, 0.29) is 0 Å². The smallest absolute Gasteiger partial charge is 0.207 e. The number of hydrogen-bond acceptors (Lipinski definition) is 3. The average molecular weight is 355 g/mol. The molecule has 0 unspecified atom stereocenters. The van der Waals surface area contributed by atoms with Crippen molar-refractivity contribution in [2.45, 2.75) is 104 Å². The third kappa shape index (κ3) is 19.1. The lowest BCUT2D eigenvalue weighted by molar-refractivity contribution is 0.616. The molecule has 0 aliphatic heterocycles. The van der Waals surface area contributed by atoms with E-state index in [0.29, 0.717) is 5.11 Å². The van der Waals surface area contributed by atoms with Gasteiger partial charge in [-0.1, -0.05) is 78.1 Å². The molecule has 0 aliphatic rings. The highest BCUT2D eigenvalue weighted by atomic mass is 32.1. The summed E-state index contributed by atoms with van der Waals surface area (Å²) in [5.41, 5.74) is 5.59. The van der Waals surface area contributed by atoms with Crippen LogP contribution in [0.2, 0.25) is 0 Å². The normalized spacial score (nSPS) is 11.4. The zero-order valence-corrected chi connectivity index (χ0v) is 16.7. The summed E-state index contributed by atoms with van der Waals surface area (Å²) >= 11 is 5.10. The Morgan fingerprint density at radius 3 is 1.46 bits per heavy atom. The molecule has 24 heavy (non-hydrogen) atoms. The SMILES string of the molecule is CCCCCCCC/C=N\NC(=S)N/N=C\CCCCCCCC. The molecule has 0 atom stereocenters. The molecule has 0 saturated carbocycles. The van der Waals surface area contributed by atoms with E-state index >= 15 is 0 Å². The minimum absolute atomic E-state index is 0.452. The van der Waals surface area contributed by atoms with E-state index in [1.807, 2.05) is 12.4 Å². The van der Waals surface area contributed by atoms with Crippen molar-refractivity contribution in [1.29, 1.82) is 0 Å². The molecule has 4 nitrogen and oxygen atoms in total. The number of thiocarbonyl (C=S) groups is 1. The van der Waals surface area contributed by atoms with Gasteiger partial charge < -0.3 is 0 Å². The van der Waals surface area contributed by atoms with Gasteiger partial charge in [-0.3, -0.25) is 10.9 Å². The van der Waals surface area contributed by atoms with Crippen LogP contribution in [0.15, 0.2) is 10.2 Å². The fourth-order valence-electron chi connectivity index (χ4n) is 2.39. The molecule has 0 aromatic rings. The molecule has 0 rings (SSSR count). The zero-order chi connectivity index (χ0) is 17.7. The van der Waals surface area contributed by atoms with Gasteiger partial charge in [0.15, 0.2) is 0 Å². The van der Waals surface area contributed by atoms with Gasteiger partial charge >= 0.3 is 0 Å². The van der Waals surface area contributed by atoms with E-state index in [0.717, 1.165) is 12.8 Å². The summed E-state index contributed by atoms with van der Waals surface area (Å²) in [6, 6.07) is 0. The van der Waals surface area contributed by atoms with Crippen molar-refractivity contribution in [2.75, 3.05) is 0 Å². The molecule has 0 aromatic heterocycles. The van der Waals surface area contributed by atoms with Crippen LogP contribution in [0.25, 0.3) is 0 Å². The molecule has 0 aromatic carbocycles. The molecule has 0 fully saturated rings. The lowest BCUT2D eigenvalue weighted by Crippen LogP contribution is -2.28. The van der Waals surface area contributed by atoms with Gasteiger partial charge in [0, 0.05) is 12.4 Å². The first kappa shape index (κ1) is 23.0. The summed E-state index contributed by atoms with van der Waals surface area (Å²) < 4.78 is 0. The summed E-state index contributed by atoms with van der Waals surface area (Å²) in [4.78, 5) is 0. The maximum absolute atomic E-state index is 5.10. The fraction of sp³-hybridized carbons (Fsp3) is 0.842. The maximum Gasteiger partial charge on any atom is 0.207 e. The quantitative estimate of drug-likeness (QED) is 0.156. The van der Waals surface area contributed by atoms with Crippen LogP contribution in [-0.2, 0) is 0 Å². The molecule has 0 spiro atoms. The maximum atomic E-state index is 5.10. The monoisotopic (exact) mass is 354 g/mol. The molecule has 5 heteroatoms. The fourth-order valence-corrected chi connectivity index (χ4v) is 2.50. The van der Waals surface area contributed by atoms with Crippen LogP contribution < -0.4 is 10.9 Å². The second-order valence-electron chi connectivity index (χ2n) is 6.29. The minimum Gasteiger partial charge on any atom is -0.253 e. The Morgan fingerprint density at radius 2 is 1.04 bits per heavy atom. The van der Waals surface area contributed by atoms with Gasteiger partial charge in [-0.25, -0.2) is 0 Å². The third-order valence-electron chi connectivity index (χ3n) is 3.89. The summed E-state index contributed by atoms with van der Waals surface area (Å²) in [7, 11) is 0. The van der Waals surface area contributed by atoms with Crippen molar-refractivity contribution in [3.63, 3.8) is 0 Å². The Hall–Kier alpha value is -0.970. The van der Waals surface area contributed by atoms with Crippen LogP contribution in [0.3, 0.4) is 0 Å². The van der Waals surface area contributed by atoms with Crippen LogP contribution in [0.4, 0.5) is 0 Å². The Kier molecular flexibility index (Phi) is 19.3. The Morgan fingerprint density at radius 1 is 0.667 bits per heavy atom. The lowest BCUT2D eigenvalue weighted by atomic mass is 10.1. The van der Waals surface area contributed by atoms with Gasteiger partial charge in [0.1, 0.15) is 0 Å². The lowest BCUT2D eigenvalue weighted by Gasteiger charge is -2.01. The highest BCUT2D eigenvalue weighted by Crippen LogP contribution is 2.06. The first-order valence-corrected chi connectivity index (χ1v) is 10.3. The van der Waals surface area contributed by atoms with Gasteiger partial charge in [-0.2, -0.15) is 10.2 Å². The van der Waals surface area contributed by atoms with Crippen molar-refractivity contribution in [1.82, 2.24) is 10.9 Å². The van der Waals surface area contributed by atoms with Crippen molar-refractivity contribution in [3.8, 4) is 0 Å². The highest BCUT2D eigenvalue weighted by Gasteiger charge is 1.91. The topological polar surface area (TPSA) is 48.8 Å². The molecule has 0 aliphatic carbocycles. The predicted octanol–water partition coefficient (Wildman–Crippen LogP) is 5.92. The van der Waals surface area contributed by atoms with E-state index < -0.39 is 0 Å². The molecule has 0 radical (unpaired) electrons. The highest BCUT2D eigenvalue weighted by molar-refractivity contribution is 7.80. The number of rotatable bonds is 16. The zero-order valence-electron chi connectivity index (χ0n) is 15.9. The van der Waals surface area contributed by atoms with E-state index in [2.05, 4.69) is 34.9 Å². The van der Waals surface area contributed by atoms with Gasteiger partial charge in [-0.05, 0) is 37.9 Å². The van der Waals surface area contributed by atoms with Gasteiger partial charge in [0.25, 0.3) is 0 Å². The standard InChI is InChI=1S/C19H38N4S/c1-3-5-7-9-11-13-15-17-20-22-19(24)23-21-18-16-14-12-10-8-6-4-2/h17-18H,3-16H2,1-2H3,(H2,22,23,24)/b20-17-,21-18-. The second kappa shape index (κ2) is 20.1. The van der Waals surface area contributed by atoms with Crippen LogP contribution in [-0.4, -0.2) is 17.5 Å². The number of hydrazone groups is 2. The summed E-state index contributed by atoms with van der Waals surface area (Å²) in [5.74, 6) is 0. The molecule has 2 N–H and O–H groups in total. The van der Waals surface area contributed by atoms with Gasteiger partial charge in [0.05, 0.1) is 0 Å². The van der Waals surface area contributed by atoms with Crippen LogP contribution in [0.1, 0.15) is 104 Å². The van der Waals surface area contributed by atoms with E-state index in [1.54, 1.807) is 0 Å². The first-order valence-electron chi connectivity index (χ1n) is 9.90. The van der Waals surface area contributed by atoms with E-state index in [1.165, 1.54) is 77.0 Å². The third-order valence-corrected chi connectivity index (χ3v) is 4.07. The first-order chi connectivity index (χ1) is 11.8. The van der Waals surface area contributed by atoms with Crippen molar-refractivity contribution >= 4 is 29.8 Å². The van der Waals surface area contributed by atoms with Crippen molar-refractivity contribution < 1.29 is 0 Å². The average Bonchev–Trinajstić information content (AvgIpc) is 2.59. The largest absolute Gasteiger partial charge is 0.253 e. The minimum atomic E-state index is 0.452. The van der Waals surface area contributed by atoms with Crippen LogP contribution in [0, 0.1) is 0 Å². The number of hydrogen-bond donors (Lipinski definition) is 2. The predicted molar refractivity (Wildman–Crippen MR) is 112 cm³/mol. The van der Waals surface area contributed by atoms with Crippen LogP contribution in [0.5, 0.6) is 0 Å². The molecule has 0 heterocycles. The van der Waals surface area contributed by atoms with E-state index in [9.17, 15) is 0 Å². The molecule has 0 saturated heterocycles. The number of unbranched alkanes of at least 4 members (excludes halogenated alkanes) is 12. The summed E-state index contributed by atoms with van der Waals surface area (Å²) in [6.07, 6.45) is 21.5. The molecule has 140 valence electrons. The Bertz CT molecular complexity index is 299. The molecule has 0 bridgehead atoms.